The van der Waals surface area contributed by atoms with Gasteiger partial charge in [0.05, 0.1) is 39.6 Å². The van der Waals surface area contributed by atoms with Crippen LogP contribution in [-0.4, -0.2) is 70.6 Å². The summed E-state index contributed by atoms with van der Waals surface area (Å²) >= 11 is 0. The van der Waals surface area contributed by atoms with Gasteiger partial charge in [0.15, 0.2) is 5.78 Å². The van der Waals surface area contributed by atoms with Crippen molar-refractivity contribution in [2.24, 2.45) is 5.92 Å². The molecule has 0 aliphatic heterocycles. The molecule has 0 aliphatic carbocycles. The molecule has 136 valence electrons. The summed E-state index contributed by atoms with van der Waals surface area (Å²) in [6.07, 6.45) is 0. The summed E-state index contributed by atoms with van der Waals surface area (Å²) in [4.78, 5) is 22.5. The SMILES string of the molecule is CC(C)NC(=O)COCCOCCOCCOCC(=O)C(C)C. The molecule has 0 spiro atoms. The highest BCUT2D eigenvalue weighted by molar-refractivity contribution is 5.81. The molecule has 0 bridgehead atoms. The van der Waals surface area contributed by atoms with Crippen LogP contribution in [0.4, 0.5) is 0 Å². The third-order valence-electron chi connectivity index (χ3n) is 2.69. The maximum Gasteiger partial charge on any atom is 0.246 e. The fourth-order valence-corrected chi connectivity index (χ4v) is 1.43. The van der Waals surface area contributed by atoms with Crippen LogP contribution in [0.1, 0.15) is 27.7 Å². The lowest BCUT2D eigenvalue weighted by molar-refractivity contribution is -0.128. The highest BCUT2D eigenvalue weighted by Gasteiger charge is 2.06. The molecule has 0 fully saturated rings. The van der Waals surface area contributed by atoms with Crippen molar-refractivity contribution in [2.75, 3.05) is 52.9 Å². The van der Waals surface area contributed by atoms with Crippen LogP contribution in [0.25, 0.3) is 0 Å². The monoisotopic (exact) mass is 333 g/mol. The molecule has 0 rings (SSSR count). The van der Waals surface area contributed by atoms with E-state index < -0.39 is 0 Å². The summed E-state index contributed by atoms with van der Waals surface area (Å²) < 4.78 is 21.0. The average molecular weight is 333 g/mol. The second-order valence-corrected chi connectivity index (χ2v) is 5.67. The minimum Gasteiger partial charge on any atom is -0.377 e. The predicted molar refractivity (Wildman–Crippen MR) is 86.4 cm³/mol. The standard InChI is InChI=1S/C16H31NO6/c1-13(2)15(18)11-22-9-7-20-5-6-21-8-10-23-12-16(19)17-14(3)4/h13-14H,5-12H2,1-4H3,(H,17,19). The van der Waals surface area contributed by atoms with Gasteiger partial charge in [-0.2, -0.15) is 0 Å². The van der Waals surface area contributed by atoms with E-state index in [1.807, 2.05) is 27.7 Å². The Balaban J connectivity index is 3.19. The Kier molecular flexibility index (Phi) is 13.9. The van der Waals surface area contributed by atoms with Gasteiger partial charge in [0.1, 0.15) is 13.2 Å². The first-order valence-electron chi connectivity index (χ1n) is 8.06. The van der Waals surface area contributed by atoms with Gasteiger partial charge in [0.2, 0.25) is 5.91 Å². The van der Waals surface area contributed by atoms with Crippen molar-refractivity contribution in [3.8, 4) is 0 Å². The molecule has 0 unspecified atom stereocenters. The Labute approximate surface area is 139 Å². The van der Waals surface area contributed by atoms with Crippen LogP contribution >= 0.6 is 0 Å². The molecule has 0 saturated heterocycles. The molecule has 1 N–H and O–H groups in total. The van der Waals surface area contributed by atoms with Crippen molar-refractivity contribution in [1.82, 2.24) is 5.32 Å². The predicted octanol–water partition coefficient (Wildman–Crippen LogP) is 0.803. The van der Waals surface area contributed by atoms with Gasteiger partial charge < -0.3 is 24.3 Å². The summed E-state index contributed by atoms with van der Waals surface area (Å²) in [5.74, 6) is -0.0299. The summed E-state index contributed by atoms with van der Waals surface area (Å²) in [5, 5.41) is 2.73. The maximum absolute atomic E-state index is 11.3. The highest BCUT2D eigenvalue weighted by Crippen LogP contribution is 1.94. The minimum absolute atomic E-state index is 0.00276. The third-order valence-corrected chi connectivity index (χ3v) is 2.69. The van der Waals surface area contributed by atoms with E-state index in [4.69, 9.17) is 18.9 Å². The number of carbonyl (C=O) groups excluding carboxylic acids is 2. The van der Waals surface area contributed by atoms with E-state index in [2.05, 4.69) is 5.32 Å². The first-order valence-corrected chi connectivity index (χ1v) is 8.06. The van der Waals surface area contributed by atoms with Crippen LogP contribution < -0.4 is 5.32 Å². The molecule has 0 radical (unpaired) electrons. The van der Waals surface area contributed by atoms with Crippen molar-refractivity contribution < 1.29 is 28.5 Å². The zero-order chi connectivity index (χ0) is 17.5. The quantitative estimate of drug-likeness (QED) is 0.446. The topological polar surface area (TPSA) is 83.1 Å². The number of rotatable bonds is 15. The molecule has 7 heteroatoms. The van der Waals surface area contributed by atoms with E-state index in [9.17, 15) is 9.59 Å². The van der Waals surface area contributed by atoms with Crippen molar-refractivity contribution in [2.45, 2.75) is 33.7 Å². The van der Waals surface area contributed by atoms with E-state index in [0.717, 1.165) is 0 Å². The molecule has 0 aromatic carbocycles. The van der Waals surface area contributed by atoms with E-state index >= 15 is 0 Å². The fraction of sp³-hybridized carbons (Fsp3) is 0.875. The smallest absolute Gasteiger partial charge is 0.246 e. The van der Waals surface area contributed by atoms with Gasteiger partial charge in [0, 0.05) is 12.0 Å². The summed E-state index contributed by atoms with van der Waals surface area (Å²) in [6, 6.07) is 0.118. The minimum atomic E-state index is -0.126. The summed E-state index contributed by atoms with van der Waals surface area (Å²) in [5.41, 5.74) is 0. The van der Waals surface area contributed by atoms with Gasteiger partial charge in [-0.15, -0.1) is 0 Å². The lowest BCUT2D eigenvalue weighted by atomic mass is 10.1. The van der Waals surface area contributed by atoms with Gasteiger partial charge in [-0.1, -0.05) is 13.8 Å². The molecular formula is C16H31NO6. The van der Waals surface area contributed by atoms with E-state index in [-0.39, 0.29) is 36.9 Å². The number of carbonyl (C=O) groups is 2. The van der Waals surface area contributed by atoms with Crippen molar-refractivity contribution in [3.63, 3.8) is 0 Å². The van der Waals surface area contributed by atoms with Crippen LogP contribution in [-0.2, 0) is 28.5 Å². The Hall–Kier alpha value is -1.02. The molecule has 1 amide bonds. The number of nitrogens with one attached hydrogen (secondary N) is 1. The molecular weight excluding hydrogens is 302 g/mol. The molecule has 7 nitrogen and oxygen atoms in total. The molecule has 0 aromatic rings. The lowest BCUT2D eigenvalue weighted by Gasteiger charge is -2.09. The Morgan fingerprint density at radius 2 is 1.17 bits per heavy atom. The summed E-state index contributed by atoms with van der Waals surface area (Å²) in [6.45, 7) is 10.2. The van der Waals surface area contributed by atoms with Crippen molar-refractivity contribution >= 4 is 11.7 Å². The number of Topliss-reactive ketones (excluding diaryl/α,β-unsaturated/α-hetero) is 1. The molecule has 0 atom stereocenters. The number of amides is 1. The molecule has 0 saturated carbocycles. The van der Waals surface area contributed by atoms with Crippen molar-refractivity contribution in [3.05, 3.63) is 0 Å². The van der Waals surface area contributed by atoms with Crippen LogP contribution in [0, 0.1) is 5.92 Å². The van der Waals surface area contributed by atoms with E-state index in [1.165, 1.54) is 0 Å². The second-order valence-electron chi connectivity index (χ2n) is 5.67. The molecule has 0 aliphatic rings. The highest BCUT2D eigenvalue weighted by atomic mass is 16.6. The van der Waals surface area contributed by atoms with Gasteiger partial charge in [0.25, 0.3) is 0 Å². The lowest BCUT2D eigenvalue weighted by Crippen LogP contribution is -2.33. The van der Waals surface area contributed by atoms with Crippen LogP contribution in [0.2, 0.25) is 0 Å². The normalized spacial score (nSPS) is 11.2. The van der Waals surface area contributed by atoms with E-state index in [0.29, 0.717) is 39.6 Å². The Morgan fingerprint density at radius 3 is 1.61 bits per heavy atom. The van der Waals surface area contributed by atoms with Crippen LogP contribution in [0.3, 0.4) is 0 Å². The first-order chi connectivity index (χ1) is 10.9. The third kappa shape index (κ3) is 15.6. The zero-order valence-corrected chi connectivity index (χ0v) is 14.8. The number of ether oxygens (including phenoxy) is 4. The molecule has 0 heterocycles. The number of hydrogen-bond donors (Lipinski definition) is 1. The van der Waals surface area contributed by atoms with Gasteiger partial charge in [-0.25, -0.2) is 0 Å². The first kappa shape index (κ1) is 22.0. The summed E-state index contributed by atoms with van der Waals surface area (Å²) in [7, 11) is 0. The molecule has 0 aromatic heterocycles. The Morgan fingerprint density at radius 1 is 0.739 bits per heavy atom. The Bertz CT molecular complexity index is 320. The number of ketones is 1. The van der Waals surface area contributed by atoms with Gasteiger partial charge in [-0.05, 0) is 13.8 Å². The maximum atomic E-state index is 11.3. The largest absolute Gasteiger partial charge is 0.377 e. The average Bonchev–Trinajstić information content (AvgIpc) is 2.47. The fourth-order valence-electron chi connectivity index (χ4n) is 1.43. The van der Waals surface area contributed by atoms with Crippen LogP contribution in [0.15, 0.2) is 0 Å². The van der Waals surface area contributed by atoms with Gasteiger partial charge in [-0.3, -0.25) is 9.59 Å². The van der Waals surface area contributed by atoms with Crippen LogP contribution in [0.5, 0.6) is 0 Å². The van der Waals surface area contributed by atoms with E-state index in [1.54, 1.807) is 0 Å². The zero-order valence-electron chi connectivity index (χ0n) is 14.8. The van der Waals surface area contributed by atoms with Crippen molar-refractivity contribution in [1.29, 1.82) is 0 Å². The second kappa shape index (κ2) is 14.6. The number of hydrogen-bond acceptors (Lipinski definition) is 6. The molecule has 23 heavy (non-hydrogen) atoms. The van der Waals surface area contributed by atoms with Gasteiger partial charge >= 0.3 is 0 Å².